The summed E-state index contributed by atoms with van der Waals surface area (Å²) >= 11 is 1.60. The fourth-order valence-corrected chi connectivity index (χ4v) is 4.32. The Labute approximate surface area is 161 Å². The molecule has 142 valence electrons. The fraction of sp³-hybridized carbons (Fsp3) is 0.421. The number of carbonyl (C=O) groups is 2. The number of nitrogens with zero attached hydrogens (tertiary/aromatic N) is 3. The molecule has 2 aromatic rings. The van der Waals surface area contributed by atoms with Crippen molar-refractivity contribution in [2.24, 2.45) is 0 Å². The molecule has 1 atom stereocenters. The van der Waals surface area contributed by atoms with Crippen LogP contribution in [0, 0.1) is 5.82 Å². The van der Waals surface area contributed by atoms with E-state index in [1.807, 2.05) is 10.3 Å². The van der Waals surface area contributed by atoms with Crippen molar-refractivity contribution in [3.63, 3.8) is 0 Å². The van der Waals surface area contributed by atoms with Crippen molar-refractivity contribution in [1.29, 1.82) is 0 Å². The largest absolute Gasteiger partial charge is 0.344 e. The van der Waals surface area contributed by atoms with E-state index >= 15 is 0 Å². The van der Waals surface area contributed by atoms with Crippen molar-refractivity contribution in [2.45, 2.75) is 25.4 Å². The monoisotopic (exact) mass is 388 g/mol. The summed E-state index contributed by atoms with van der Waals surface area (Å²) in [6, 6.07) is 6.01. The fourth-order valence-electron chi connectivity index (χ4n) is 3.47. The number of benzene rings is 1. The van der Waals surface area contributed by atoms with E-state index in [1.54, 1.807) is 23.5 Å². The Kier molecular flexibility index (Phi) is 5.18. The molecule has 2 saturated heterocycles. The molecule has 8 heteroatoms. The lowest BCUT2D eigenvalue weighted by Gasteiger charge is -2.35. The number of nitrogens with one attached hydrogen (secondary N) is 1. The molecule has 4 rings (SSSR count). The molecule has 0 radical (unpaired) electrons. The van der Waals surface area contributed by atoms with E-state index in [1.165, 1.54) is 12.1 Å². The van der Waals surface area contributed by atoms with Gasteiger partial charge in [0.15, 0.2) is 0 Å². The van der Waals surface area contributed by atoms with Gasteiger partial charge in [-0.2, -0.15) is 0 Å². The first-order valence-corrected chi connectivity index (χ1v) is 9.97. The van der Waals surface area contributed by atoms with Gasteiger partial charge in [-0.3, -0.25) is 14.5 Å². The van der Waals surface area contributed by atoms with Gasteiger partial charge in [0.05, 0.1) is 12.2 Å². The van der Waals surface area contributed by atoms with Gasteiger partial charge < -0.3 is 10.2 Å². The molecule has 6 nitrogen and oxygen atoms in total. The Morgan fingerprint density at radius 3 is 2.63 bits per heavy atom. The molecule has 1 aromatic carbocycles. The highest BCUT2D eigenvalue weighted by molar-refractivity contribution is 7.09. The lowest BCUT2D eigenvalue weighted by atomic mass is 10.2. The minimum absolute atomic E-state index is 0.0345. The van der Waals surface area contributed by atoms with E-state index < -0.39 is 0 Å². The predicted octanol–water partition coefficient (Wildman–Crippen LogP) is 1.87. The SMILES string of the molecule is O=C1CCC(C(=O)N2CCN(Cc3nc(-c4ccc(F)cc4)cs3)CC2)N1. The van der Waals surface area contributed by atoms with Gasteiger partial charge in [0, 0.05) is 43.5 Å². The number of piperazine rings is 1. The van der Waals surface area contributed by atoms with Gasteiger partial charge in [0.1, 0.15) is 16.9 Å². The number of carbonyl (C=O) groups excluding carboxylic acids is 2. The Balaban J connectivity index is 1.30. The molecule has 1 aromatic heterocycles. The van der Waals surface area contributed by atoms with Crippen LogP contribution in [0.5, 0.6) is 0 Å². The van der Waals surface area contributed by atoms with Crippen LogP contribution in [0.4, 0.5) is 4.39 Å². The Bertz CT molecular complexity index is 830. The first-order valence-electron chi connectivity index (χ1n) is 9.09. The summed E-state index contributed by atoms with van der Waals surface area (Å²) in [4.78, 5) is 32.5. The number of hydrogen-bond acceptors (Lipinski definition) is 5. The van der Waals surface area contributed by atoms with Gasteiger partial charge >= 0.3 is 0 Å². The molecule has 1 unspecified atom stereocenters. The van der Waals surface area contributed by atoms with Gasteiger partial charge in [-0.25, -0.2) is 9.37 Å². The molecule has 2 aliphatic rings. The molecule has 0 aliphatic carbocycles. The van der Waals surface area contributed by atoms with Crippen LogP contribution in [-0.4, -0.2) is 58.8 Å². The van der Waals surface area contributed by atoms with Gasteiger partial charge in [-0.15, -0.1) is 11.3 Å². The number of halogens is 1. The van der Waals surface area contributed by atoms with Crippen molar-refractivity contribution in [3.8, 4) is 11.3 Å². The molecule has 1 N–H and O–H groups in total. The summed E-state index contributed by atoms with van der Waals surface area (Å²) in [5.74, 6) is -0.250. The minimum atomic E-state index is -0.346. The average molecular weight is 388 g/mol. The smallest absolute Gasteiger partial charge is 0.245 e. The third kappa shape index (κ3) is 4.17. The van der Waals surface area contributed by atoms with E-state index in [0.717, 1.165) is 35.9 Å². The van der Waals surface area contributed by atoms with Gasteiger partial charge in [-0.05, 0) is 30.7 Å². The van der Waals surface area contributed by atoms with Crippen LogP contribution in [0.25, 0.3) is 11.3 Å². The first kappa shape index (κ1) is 18.1. The summed E-state index contributed by atoms with van der Waals surface area (Å²) in [5, 5.41) is 5.75. The maximum atomic E-state index is 13.0. The zero-order valence-corrected chi connectivity index (χ0v) is 15.7. The molecular weight excluding hydrogens is 367 g/mol. The van der Waals surface area contributed by atoms with Crippen LogP contribution in [0.3, 0.4) is 0 Å². The highest BCUT2D eigenvalue weighted by Crippen LogP contribution is 2.23. The van der Waals surface area contributed by atoms with E-state index in [4.69, 9.17) is 0 Å². The molecule has 0 spiro atoms. The van der Waals surface area contributed by atoms with Gasteiger partial charge in [-0.1, -0.05) is 0 Å². The predicted molar refractivity (Wildman–Crippen MR) is 101 cm³/mol. The van der Waals surface area contributed by atoms with Crippen molar-refractivity contribution in [1.82, 2.24) is 20.1 Å². The summed E-state index contributed by atoms with van der Waals surface area (Å²) < 4.78 is 13.0. The van der Waals surface area contributed by atoms with Crippen molar-refractivity contribution in [3.05, 3.63) is 40.5 Å². The number of amides is 2. The van der Waals surface area contributed by atoms with Crippen molar-refractivity contribution < 1.29 is 14.0 Å². The zero-order valence-electron chi connectivity index (χ0n) is 14.9. The number of thiazole rings is 1. The number of hydrogen-bond donors (Lipinski definition) is 1. The normalized spacial score (nSPS) is 20.7. The summed E-state index contributed by atoms with van der Waals surface area (Å²) in [5.41, 5.74) is 1.77. The van der Waals surface area contributed by atoms with Gasteiger partial charge in [0.2, 0.25) is 11.8 Å². The Hall–Kier alpha value is -2.32. The Morgan fingerprint density at radius 1 is 1.22 bits per heavy atom. The first-order chi connectivity index (χ1) is 13.1. The van der Waals surface area contributed by atoms with Crippen LogP contribution < -0.4 is 5.32 Å². The lowest BCUT2D eigenvalue weighted by molar-refractivity contribution is -0.136. The molecule has 2 fully saturated rings. The van der Waals surface area contributed by atoms with E-state index in [9.17, 15) is 14.0 Å². The number of rotatable bonds is 4. The van der Waals surface area contributed by atoms with Crippen LogP contribution >= 0.6 is 11.3 Å². The zero-order chi connectivity index (χ0) is 18.8. The van der Waals surface area contributed by atoms with E-state index in [2.05, 4.69) is 15.2 Å². The average Bonchev–Trinajstić information content (AvgIpc) is 3.32. The third-order valence-corrected chi connectivity index (χ3v) is 5.86. The summed E-state index contributed by atoms with van der Waals surface area (Å²) in [6.07, 6.45) is 1.04. The molecule has 27 heavy (non-hydrogen) atoms. The van der Waals surface area contributed by atoms with Crippen LogP contribution in [0.15, 0.2) is 29.6 Å². The maximum Gasteiger partial charge on any atom is 0.245 e. The second-order valence-corrected chi connectivity index (χ2v) is 7.84. The van der Waals surface area contributed by atoms with Crippen LogP contribution in [-0.2, 0) is 16.1 Å². The highest BCUT2D eigenvalue weighted by Gasteiger charge is 2.32. The maximum absolute atomic E-state index is 13.0. The molecule has 2 aliphatic heterocycles. The second kappa shape index (κ2) is 7.74. The quantitative estimate of drug-likeness (QED) is 0.869. The van der Waals surface area contributed by atoms with Crippen LogP contribution in [0.1, 0.15) is 17.8 Å². The molecule has 2 amide bonds. The number of aromatic nitrogens is 1. The standard InChI is InChI=1S/C19H21FN4O2S/c20-14-3-1-13(2-4-14)16-12-27-18(22-16)11-23-7-9-24(10-8-23)19(26)15-5-6-17(25)21-15/h1-4,12,15H,5-11H2,(H,21,25). The van der Waals surface area contributed by atoms with Gasteiger partial charge in [0.25, 0.3) is 0 Å². The molecular formula is C19H21FN4O2S. The van der Waals surface area contributed by atoms with E-state index in [-0.39, 0.29) is 23.7 Å². The second-order valence-electron chi connectivity index (χ2n) is 6.89. The topological polar surface area (TPSA) is 65.5 Å². The Morgan fingerprint density at radius 2 is 1.96 bits per heavy atom. The van der Waals surface area contributed by atoms with Crippen molar-refractivity contribution >= 4 is 23.2 Å². The molecule has 0 bridgehead atoms. The lowest BCUT2D eigenvalue weighted by Crippen LogP contribution is -2.53. The molecule has 3 heterocycles. The van der Waals surface area contributed by atoms with E-state index in [0.29, 0.717) is 25.9 Å². The summed E-state index contributed by atoms with van der Waals surface area (Å²) in [6.45, 7) is 3.66. The third-order valence-electron chi connectivity index (χ3n) is 5.03. The van der Waals surface area contributed by atoms with Crippen molar-refractivity contribution in [2.75, 3.05) is 26.2 Å². The van der Waals surface area contributed by atoms with Crippen LogP contribution in [0.2, 0.25) is 0 Å². The highest BCUT2D eigenvalue weighted by atomic mass is 32.1. The summed E-state index contributed by atoms with van der Waals surface area (Å²) in [7, 11) is 0. The minimum Gasteiger partial charge on any atom is -0.344 e. The molecule has 0 saturated carbocycles.